The van der Waals surface area contributed by atoms with Crippen molar-refractivity contribution in [3.63, 3.8) is 0 Å². The molecule has 0 aliphatic heterocycles. The molecule has 0 radical (unpaired) electrons. The van der Waals surface area contributed by atoms with Gasteiger partial charge in [0.05, 0.1) is 6.61 Å². The van der Waals surface area contributed by atoms with Crippen LogP contribution in [0.25, 0.3) is 10.1 Å². The zero-order valence-electron chi connectivity index (χ0n) is 9.14. The number of benzene rings is 1. The molecule has 0 aliphatic carbocycles. The number of alkyl halides is 3. The van der Waals surface area contributed by atoms with Crippen LogP contribution in [0.3, 0.4) is 0 Å². The van der Waals surface area contributed by atoms with E-state index >= 15 is 0 Å². The third-order valence-electron chi connectivity index (χ3n) is 2.26. The molecular formula is C10H7F3O4S2. The normalized spacial score (nSPS) is 12.8. The molecule has 0 bridgehead atoms. The summed E-state index contributed by atoms with van der Waals surface area (Å²) in [4.78, 5) is 0. The molecule has 1 heterocycles. The highest BCUT2D eigenvalue weighted by molar-refractivity contribution is 7.88. The second-order valence-corrected chi connectivity index (χ2v) is 6.05. The monoisotopic (exact) mass is 312 g/mol. The fourth-order valence-corrected chi connectivity index (χ4v) is 2.75. The molecule has 9 heteroatoms. The highest BCUT2D eigenvalue weighted by Gasteiger charge is 2.48. The summed E-state index contributed by atoms with van der Waals surface area (Å²) >= 11 is 1.20. The Hall–Kier alpha value is -1.32. The van der Waals surface area contributed by atoms with Gasteiger partial charge in [0, 0.05) is 10.1 Å². The van der Waals surface area contributed by atoms with E-state index in [2.05, 4.69) is 4.18 Å². The highest BCUT2D eigenvalue weighted by Crippen LogP contribution is 2.35. The Morgan fingerprint density at radius 3 is 2.58 bits per heavy atom. The summed E-state index contributed by atoms with van der Waals surface area (Å²) in [5.41, 5.74) is -5.23. The van der Waals surface area contributed by atoms with Gasteiger partial charge in [-0.25, -0.2) is 0 Å². The van der Waals surface area contributed by atoms with Crippen LogP contribution in [0.5, 0.6) is 5.75 Å². The molecule has 2 aromatic rings. The molecule has 0 saturated carbocycles. The Labute approximate surface area is 110 Å². The maximum absolute atomic E-state index is 12.3. The van der Waals surface area contributed by atoms with E-state index < -0.39 is 28.0 Å². The van der Waals surface area contributed by atoms with Crippen molar-refractivity contribution in [2.45, 2.75) is 12.1 Å². The lowest BCUT2D eigenvalue weighted by Gasteiger charge is -2.11. The first-order chi connectivity index (χ1) is 8.74. The van der Waals surface area contributed by atoms with Gasteiger partial charge >= 0.3 is 15.6 Å². The summed E-state index contributed by atoms with van der Waals surface area (Å²) in [6.45, 7) is -0.434. The van der Waals surface area contributed by atoms with Crippen molar-refractivity contribution >= 4 is 31.5 Å². The number of aliphatic hydroxyl groups excluding tert-OH is 1. The Bertz CT molecular complexity index is 703. The molecular weight excluding hydrogens is 305 g/mol. The van der Waals surface area contributed by atoms with Gasteiger partial charge in [-0.15, -0.1) is 11.3 Å². The van der Waals surface area contributed by atoms with Crippen molar-refractivity contribution in [3.8, 4) is 5.75 Å². The fraction of sp³-hybridized carbons (Fsp3) is 0.200. The van der Waals surface area contributed by atoms with E-state index in [1.165, 1.54) is 17.4 Å². The van der Waals surface area contributed by atoms with Crippen LogP contribution in [0.15, 0.2) is 23.6 Å². The molecule has 1 N–H and O–H groups in total. The Kier molecular flexibility index (Phi) is 3.45. The maximum atomic E-state index is 12.3. The second kappa shape index (κ2) is 4.66. The molecule has 0 atom stereocenters. The predicted octanol–water partition coefficient (Wildman–Crippen LogP) is 2.62. The Morgan fingerprint density at radius 1 is 1.32 bits per heavy atom. The average Bonchev–Trinajstić information content (AvgIpc) is 2.75. The maximum Gasteiger partial charge on any atom is 0.534 e. The molecule has 0 amide bonds. The Balaban J connectivity index is 2.54. The first-order valence-electron chi connectivity index (χ1n) is 4.86. The van der Waals surface area contributed by atoms with Gasteiger partial charge in [0.1, 0.15) is 0 Å². The van der Waals surface area contributed by atoms with E-state index in [1.807, 2.05) is 0 Å². The lowest BCUT2D eigenvalue weighted by Crippen LogP contribution is -2.28. The third kappa shape index (κ3) is 2.67. The van der Waals surface area contributed by atoms with E-state index in [0.29, 0.717) is 4.70 Å². The van der Waals surface area contributed by atoms with Crippen molar-refractivity contribution in [1.82, 2.24) is 0 Å². The van der Waals surface area contributed by atoms with Gasteiger partial charge in [-0.05, 0) is 29.1 Å². The number of thiophene rings is 1. The smallest absolute Gasteiger partial charge is 0.392 e. The third-order valence-corrected chi connectivity index (χ3v) is 4.09. The van der Waals surface area contributed by atoms with Crippen LogP contribution in [0.1, 0.15) is 5.56 Å². The molecule has 0 unspecified atom stereocenters. The van der Waals surface area contributed by atoms with Gasteiger partial charge in [0.2, 0.25) is 0 Å². The van der Waals surface area contributed by atoms with Crippen LogP contribution < -0.4 is 4.18 Å². The van der Waals surface area contributed by atoms with Crippen molar-refractivity contribution in [1.29, 1.82) is 0 Å². The quantitative estimate of drug-likeness (QED) is 0.699. The van der Waals surface area contributed by atoms with E-state index in [4.69, 9.17) is 5.11 Å². The number of fused-ring (bicyclic) bond motifs is 1. The number of hydrogen-bond donors (Lipinski definition) is 1. The molecule has 2 rings (SSSR count). The largest absolute Gasteiger partial charge is 0.534 e. The second-order valence-electron chi connectivity index (χ2n) is 3.57. The molecule has 0 spiro atoms. The van der Waals surface area contributed by atoms with Gasteiger partial charge in [-0.2, -0.15) is 21.6 Å². The average molecular weight is 312 g/mol. The molecule has 0 saturated heterocycles. The number of halogens is 3. The SMILES string of the molecule is O=S(=O)(Oc1cc(CO)cc2sccc12)C(F)(F)F. The van der Waals surface area contributed by atoms with Crippen molar-refractivity contribution < 1.29 is 30.9 Å². The topological polar surface area (TPSA) is 63.6 Å². The molecule has 19 heavy (non-hydrogen) atoms. The van der Waals surface area contributed by atoms with Crippen LogP contribution in [0.2, 0.25) is 0 Å². The molecule has 4 nitrogen and oxygen atoms in total. The van der Waals surface area contributed by atoms with Crippen molar-refractivity contribution in [3.05, 3.63) is 29.1 Å². The minimum atomic E-state index is -5.72. The minimum Gasteiger partial charge on any atom is -0.392 e. The fourth-order valence-electron chi connectivity index (χ4n) is 1.42. The van der Waals surface area contributed by atoms with Crippen LogP contribution >= 0.6 is 11.3 Å². The summed E-state index contributed by atoms with van der Waals surface area (Å²) < 4.78 is 63.4. The zero-order valence-corrected chi connectivity index (χ0v) is 10.8. The summed E-state index contributed by atoms with van der Waals surface area (Å²) in [7, 11) is -5.72. The lowest BCUT2D eigenvalue weighted by atomic mass is 10.2. The van der Waals surface area contributed by atoms with Gasteiger partial charge in [0.15, 0.2) is 5.75 Å². The van der Waals surface area contributed by atoms with Crippen LogP contribution in [-0.4, -0.2) is 19.0 Å². The highest BCUT2D eigenvalue weighted by atomic mass is 32.2. The summed E-state index contributed by atoms with van der Waals surface area (Å²) in [5.74, 6) is -0.444. The molecule has 0 fully saturated rings. The van der Waals surface area contributed by atoms with Gasteiger partial charge in [0.25, 0.3) is 0 Å². The van der Waals surface area contributed by atoms with E-state index in [-0.39, 0.29) is 10.9 Å². The first-order valence-corrected chi connectivity index (χ1v) is 7.15. The summed E-state index contributed by atoms with van der Waals surface area (Å²) in [6, 6.07) is 4.06. The van der Waals surface area contributed by atoms with E-state index in [9.17, 15) is 21.6 Å². The Morgan fingerprint density at radius 2 is 2.00 bits per heavy atom. The minimum absolute atomic E-state index is 0.245. The lowest BCUT2D eigenvalue weighted by molar-refractivity contribution is -0.0499. The van der Waals surface area contributed by atoms with Crippen molar-refractivity contribution in [2.24, 2.45) is 0 Å². The number of rotatable bonds is 3. The predicted molar refractivity (Wildman–Crippen MR) is 63.4 cm³/mol. The van der Waals surface area contributed by atoms with E-state index in [1.54, 1.807) is 11.4 Å². The van der Waals surface area contributed by atoms with Crippen LogP contribution in [0, 0.1) is 0 Å². The van der Waals surface area contributed by atoms with Gasteiger partial charge < -0.3 is 9.29 Å². The van der Waals surface area contributed by atoms with Gasteiger partial charge in [-0.1, -0.05) is 0 Å². The standard InChI is InChI=1S/C10H7F3O4S2/c11-10(12,13)19(15,16)17-8-3-6(5-14)4-9-7(8)1-2-18-9/h1-4,14H,5H2. The van der Waals surface area contributed by atoms with Crippen LogP contribution in [-0.2, 0) is 16.7 Å². The van der Waals surface area contributed by atoms with Gasteiger partial charge in [-0.3, -0.25) is 0 Å². The molecule has 0 aliphatic rings. The summed E-state index contributed by atoms with van der Waals surface area (Å²) in [5, 5.41) is 10.8. The first kappa shape index (κ1) is 14.1. The molecule has 1 aromatic heterocycles. The number of aliphatic hydroxyl groups is 1. The zero-order chi connectivity index (χ0) is 14.3. The molecule has 104 valence electrons. The van der Waals surface area contributed by atoms with Crippen LogP contribution in [0.4, 0.5) is 13.2 Å². The van der Waals surface area contributed by atoms with Crippen molar-refractivity contribution in [2.75, 3.05) is 0 Å². The molecule has 1 aromatic carbocycles. The van der Waals surface area contributed by atoms with E-state index in [0.717, 1.165) is 6.07 Å². The summed E-state index contributed by atoms with van der Waals surface area (Å²) in [6.07, 6.45) is 0. The number of hydrogen-bond acceptors (Lipinski definition) is 5.